The molecule has 106 valence electrons. The monoisotopic (exact) mass is 316 g/mol. The normalized spacial score (nSPS) is 30.5. The Labute approximate surface area is 121 Å². The maximum absolute atomic E-state index is 6.23. The molecule has 0 N–H and O–H groups in total. The van der Waals surface area contributed by atoms with Gasteiger partial charge in [-0.1, -0.05) is 60.9 Å². The average Bonchev–Trinajstić information content (AvgIpc) is 2.45. The van der Waals surface area contributed by atoms with Crippen LogP contribution < -0.4 is 0 Å². The molecule has 0 bridgehead atoms. The molecule has 1 nitrogen and oxygen atoms in total. The Morgan fingerprint density at radius 3 is 2.33 bits per heavy atom. The first kappa shape index (κ1) is 14.8. The van der Waals surface area contributed by atoms with E-state index >= 15 is 0 Å². The maximum atomic E-state index is 6.23. The predicted molar refractivity (Wildman–Crippen MR) is 81.3 cm³/mol. The Balaban J connectivity index is 1.77. The van der Waals surface area contributed by atoms with Crippen LogP contribution in [0.2, 0.25) is 0 Å². The average molecular weight is 317 g/mol. The van der Waals surface area contributed by atoms with Gasteiger partial charge in [-0.2, -0.15) is 0 Å². The zero-order valence-corrected chi connectivity index (χ0v) is 13.3. The molecule has 0 aromatic rings. The first-order valence-corrected chi connectivity index (χ1v) is 9.21. The van der Waals surface area contributed by atoms with Crippen LogP contribution in [0.25, 0.3) is 0 Å². The minimum Gasteiger partial charge on any atom is -0.378 e. The van der Waals surface area contributed by atoms with E-state index in [1.807, 2.05) is 0 Å². The van der Waals surface area contributed by atoms with E-state index < -0.39 is 0 Å². The molecule has 0 radical (unpaired) electrons. The van der Waals surface area contributed by atoms with Crippen molar-refractivity contribution in [3.05, 3.63) is 0 Å². The van der Waals surface area contributed by atoms with Crippen LogP contribution in [0, 0.1) is 11.8 Å². The highest BCUT2D eigenvalue weighted by atomic mass is 79.9. The van der Waals surface area contributed by atoms with E-state index in [9.17, 15) is 0 Å². The Kier molecular flexibility index (Phi) is 7.07. The fraction of sp³-hybridized carbons (Fsp3) is 1.00. The van der Waals surface area contributed by atoms with Gasteiger partial charge < -0.3 is 4.74 Å². The van der Waals surface area contributed by atoms with Crippen molar-refractivity contribution in [1.82, 2.24) is 0 Å². The minimum absolute atomic E-state index is 0.595. The van der Waals surface area contributed by atoms with Gasteiger partial charge in [0.2, 0.25) is 0 Å². The molecule has 0 aromatic heterocycles. The summed E-state index contributed by atoms with van der Waals surface area (Å²) >= 11 is 3.49. The Morgan fingerprint density at radius 2 is 1.56 bits per heavy atom. The zero-order valence-electron chi connectivity index (χ0n) is 11.7. The van der Waals surface area contributed by atoms with Crippen LogP contribution in [-0.4, -0.2) is 18.0 Å². The van der Waals surface area contributed by atoms with Crippen LogP contribution in [-0.2, 0) is 4.74 Å². The lowest BCUT2D eigenvalue weighted by molar-refractivity contribution is -0.0374. The second-order valence-electron chi connectivity index (χ2n) is 6.15. The summed E-state index contributed by atoms with van der Waals surface area (Å²) in [5.74, 6) is 1.88. The molecule has 2 unspecified atom stereocenters. The second kappa shape index (κ2) is 8.58. The highest BCUT2D eigenvalue weighted by Gasteiger charge is 2.32. The van der Waals surface area contributed by atoms with Crippen molar-refractivity contribution in [2.75, 3.05) is 11.9 Å². The maximum Gasteiger partial charge on any atom is 0.0605 e. The third-order valence-electron chi connectivity index (χ3n) is 4.87. The summed E-state index contributed by atoms with van der Waals surface area (Å²) in [6.45, 7) is 0.986. The molecule has 0 heterocycles. The molecule has 2 atom stereocenters. The lowest BCUT2D eigenvalue weighted by atomic mass is 9.72. The van der Waals surface area contributed by atoms with Crippen molar-refractivity contribution < 1.29 is 4.74 Å². The molecule has 2 aliphatic rings. The first-order chi connectivity index (χ1) is 8.92. The number of unbranched alkanes of at least 4 members (excludes halogenated alkanes) is 1. The molecule has 2 rings (SSSR count). The number of halogens is 1. The Hall–Kier alpha value is 0.440. The summed E-state index contributed by atoms with van der Waals surface area (Å²) < 4.78 is 6.23. The highest BCUT2D eigenvalue weighted by molar-refractivity contribution is 9.09. The van der Waals surface area contributed by atoms with Crippen LogP contribution in [0.15, 0.2) is 0 Å². The van der Waals surface area contributed by atoms with E-state index in [1.165, 1.54) is 70.6 Å². The SMILES string of the molecule is BrCCCCOC1CCCCC1C1CCCCC1. The van der Waals surface area contributed by atoms with Crippen LogP contribution in [0.1, 0.15) is 70.6 Å². The van der Waals surface area contributed by atoms with E-state index in [2.05, 4.69) is 15.9 Å². The molecular formula is C16H29BrO. The van der Waals surface area contributed by atoms with Crippen molar-refractivity contribution in [2.24, 2.45) is 11.8 Å². The standard InChI is InChI=1S/C16H29BrO/c17-12-6-7-13-18-16-11-5-4-10-15(16)14-8-2-1-3-9-14/h14-16H,1-13H2. The number of alkyl halides is 1. The smallest absolute Gasteiger partial charge is 0.0605 e. The van der Waals surface area contributed by atoms with Gasteiger partial charge in [0.25, 0.3) is 0 Å². The molecule has 2 saturated carbocycles. The summed E-state index contributed by atoms with van der Waals surface area (Å²) in [5, 5.41) is 1.12. The van der Waals surface area contributed by atoms with Gasteiger partial charge in [-0.25, -0.2) is 0 Å². The fourth-order valence-corrected chi connectivity index (χ4v) is 4.26. The zero-order chi connectivity index (χ0) is 12.6. The van der Waals surface area contributed by atoms with E-state index in [-0.39, 0.29) is 0 Å². The van der Waals surface area contributed by atoms with E-state index in [1.54, 1.807) is 0 Å². The topological polar surface area (TPSA) is 9.23 Å². The van der Waals surface area contributed by atoms with Gasteiger partial charge in [0.05, 0.1) is 6.10 Å². The van der Waals surface area contributed by atoms with E-state index in [4.69, 9.17) is 4.74 Å². The highest BCUT2D eigenvalue weighted by Crippen LogP contribution is 2.39. The van der Waals surface area contributed by atoms with Crippen molar-refractivity contribution in [3.8, 4) is 0 Å². The lowest BCUT2D eigenvalue weighted by Gasteiger charge is -2.38. The second-order valence-corrected chi connectivity index (χ2v) is 6.94. The van der Waals surface area contributed by atoms with Gasteiger partial charge in [-0.3, -0.25) is 0 Å². The van der Waals surface area contributed by atoms with Crippen LogP contribution in [0.4, 0.5) is 0 Å². The van der Waals surface area contributed by atoms with Gasteiger partial charge in [0.15, 0.2) is 0 Å². The van der Waals surface area contributed by atoms with Gasteiger partial charge in [0.1, 0.15) is 0 Å². The molecule has 0 aromatic carbocycles. The molecule has 0 saturated heterocycles. The van der Waals surface area contributed by atoms with E-state index in [0.29, 0.717) is 6.10 Å². The quantitative estimate of drug-likeness (QED) is 0.476. The largest absolute Gasteiger partial charge is 0.378 e. The number of rotatable bonds is 6. The molecule has 0 aliphatic heterocycles. The van der Waals surface area contributed by atoms with E-state index in [0.717, 1.165) is 23.8 Å². The molecule has 18 heavy (non-hydrogen) atoms. The van der Waals surface area contributed by atoms with Crippen LogP contribution in [0.5, 0.6) is 0 Å². The molecule has 0 amide bonds. The molecule has 2 heteroatoms. The minimum atomic E-state index is 0.595. The van der Waals surface area contributed by atoms with Gasteiger partial charge >= 0.3 is 0 Å². The fourth-order valence-electron chi connectivity index (χ4n) is 3.87. The summed E-state index contributed by atoms with van der Waals surface area (Å²) in [4.78, 5) is 0. The van der Waals surface area contributed by atoms with Crippen LogP contribution in [0.3, 0.4) is 0 Å². The molecule has 0 spiro atoms. The van der Waals surface area contributed by atoms with Gasteiger partial charge in [0, 0.05) is 11.9 Å². The third-order valence-corrected chi connectivity index (χ3v) is 5.43. The van der Waals surface area contributed by atoms with Crippen molar-refractivity contribution in [1.29, 1.82) is 0 Å². The molecule has 2 aliphatic carbocycles. The Morgan fingerprint density at radius 1 is 0.833 bits per heavy atom. The number of hydrogen-bond donors (Lipinski definition) is 0. The summed E-state index contributed by atoms with van der Waals surface area (Å²) in [6, 6.07) is 0. The summed E-state index contributed by atoms with van der Waals surface area (Å²) in [7, 11) is 0. The number of ether oxygens (including phenoxy) is 1. The third kappa shape index (κ3) is 4.52. The van der Waals surface area contributed by atoms with Gasteiger partial charge in [-0.15, -0.1) is 0 Å². The first-order valence-electron chi connectivity index (χ1n) is 8.09. The Bertz CT molecular complexity index is 213. The van der Waals surface area contributed by atoms with Crippen LogP contribution >= 0.6 is 15.9 Å². The predicted octanol–water partition coefficient (Wildman–Crippen LogP) is 5.32. The van der Waals surface area contributed by atoms with Gasteiger partial charge in [-0.05, 0) is 37.5 Å². The summed E-state index contributed by atoms with van der Waals surface area (Å²) in [6.07, 6.45) is 16.0. The van der Waals surface area contributed by atoms with Crippen molar-refractivity contribution in [2.45, 2.75) is 76.7 Å². The number of hydrogen-bond acceptors (Lipinski definition) is 1. The van der Waals surface area contributed by atoms with Crippen molar-refractivity contribution in [3.63, 3.8) is 0 Å². The molecular weight excluding hydrogens is 288 g/mol. The lowest BCUT2D eigenvalue weighted by Crippen LogP contribution is -2.34. The van der Waals surface area contributed by atoms with Crippen molar-refractivity contribution >= 4 is 15.9 Å². The summed E-state index contributed by atoms with van der Waals surface area (Å²) in [5.41, 5.74) is 0. The molecule has 2 fully saturated rings.